The third-order valence-corrected chi connectivity index (χ3v) is 3.92. The van der Waals surface area contributed by atoms with Crippen molar-refractivity contribution in [3.63, 3.8) is 0 Å². The molecule has 0 aliphatic carbocycles. The van der Waals surface area contributed by atoms with Crippen LogP contribution in [0.5, 0.6) is 0 Å². The zero-order chi connectivity index (χ0) is 13.6. The molecule has 0 saturated heterocycles. The molecule has 0 unspecified atom stereocenters. The van der Waals surface area contributed by atoms with Crippen LogP contribution >= 0.6 is 7.75 Å². The van der Waals surface area contributed by atoms with E-state index in [1.54, 1.807) is 0 Å². The second-order valence-electron chi connectivity index (χ2n) is 4.55. The van der Waals surface area contributed by atoms with E-state index >= 15 is 0 Å². The molecule has 0 aliphatic heterocycles. The molecule has 0 spiro atoms. The first-order valence-electron chi connectivity index (χ1n) is 6.33. The Balaban J connectivity index is 2.80. The fraction of sp³-hybridized carbons (Fsp3) is 0.538. The maximum atomic E-state index is 11.2. The summed E-state index contributed by atoms with van der Waals surface area (Å²) in [6, 6.07) is 9.59. The normalized spacial score (nSPS) is 13.8. The standard InChI is InChI=1S/C13H22NO3P/c1-3-12(4-2)13(14-18(15,16)17)10-11-8-6-5-7-9-11/h5-9,12-13H,3-4,10H2,1-2H3,(H3,14,15,16,17)/t13-/m0/s1. The maximum Gasteiger partial charge on any atom is 0.400 e. The molecule has 5 heteroatoms. The fourth-order valence-corrected chi connectivity index (χ4v) is 2.99. The van der Waals surface area contributed by atoms with E-state index < -0.39 is 7.75 Å². The van der Waals surface area contributed by atoms with Crippen LogP contribution in [0, 0.1) is 5.92 Å². The monoisotopic (exact) mass is 271 g/mol. The number of hydrogen-bond acceptors (Lipinski definition) is 1. The number of benzene rings is 1. The summed E-state index contributed by atoms with van der Waals surface area (Å²) < 4.78 is 11.2. The Morgan fingerprint density at radius 3 is 2.17 bits per heavy atom. The van der Waals surface area contributed by atoms with E-state index in [0.29, 0.717) is 6.42 Å². The van der Waals surface area contributed by atoms with Crippen LogP contribution in [0.15, 0.2) is 30.3 Å². The van der Waals surface area contributed by atoms with Gasteiger partial charge >= 0.3 is 7.75 Å². The lowest BCUT2D eigenvalue weighted by molar-refractivity contribution is 0.308. The first kappa shape index (κ1) is 15.4. The third-order valence-electron chi connectivity index (χ3n) is 3.25. The van der Waals surface area contributed by atoms with E-state index in [0.717, 1.165) is 18.4 Å². The summed E-state index contributed by atoms with van der Waals surface area (Å²) in [4.78, 5) is 18.2. The Hall–Kier alpha value is -0.670. The summed E-state index contributed by atoms with van der Waals surface area (Å²) in [5, 5.41) is 2.47. The summed E-state index contributed by atoms with van der Waals surface area (Å²) >= 11 is 0. The lowest BCUT2D eigenvalue weighted by Crippen LogP contribution is -2.35. The van der Waals surface area contributed by atoms with Crippen molar-refractivity contribution in [2.45, 2.75) is 39.2 Å². The van der Waals surface area contributed by atoms with Crippen molar-refractivity contribution in [1.29, 1.82) is 0 Å². The summed E-state index contributed by atoms with van der Waals surface area (Å²) in [6.45, 7) is 4.10. The Labute approximate surface area is 109 Å². The van der Waals surface area contributed by atoms with Crippen molar-refractivity contribution < 1.29 is 14.4 Å². The topological polar surface area (TPSA) is 69.6 Å². The van der Waals surface area contributed by atoms with Crippen LogP contribution in [0.2, 0.25) is 0 Å². The van der Waals surface area contributed by atoms with Gasteiger partial charge in [-0.2, -0.15) is 0 Å². The van der Waals surface area contributed by atoms with Crippen LogP contribution in [-0.2, 0) is 11.0 Å². The average molecular weight is 271 g/mol. The lowest BCUT2D eigenvalue weighted by atomic mass is 9.90. The first-order chi connectivity index (χ1) is 8.46. The van der Waals surface area contributed by atoms with Gasteiger partial charge in [-0.3, -0.25) is 0 Å². The predicted octanol–water partition coefficient (Wildman–Crippen LogP) is 2.72. The van der Waals surface area contributed by atoms with Crippen molar-refractivity contribution in [3.05, 3.63) is 35.9 Å². The molecular weight excluding hydrogens is 249 g/mol. The van der Waals surface area contributed by atoms with Gasteiger partial charge in [0, 0.05) is 6.04 Å². The van der Waals surface area contributed by atoms with Crippen LogP contribution in [0.1, 0.15) is 32.3 Å². The molecule has 1 aromatic carbocycles. The largest absolute Gasteiger partial charge is 0.400 e. The highest BCUT2D eigenvalue weighted by Gasteiger charge is 2.25. The molecule has 4 nitrogen and oxygen atoms in total. The first-order valence-corrected chi connectivity index (χ1v) is 7.94. The van der Waals surface area contributed by atoms with E-state index in [9.17, 15) is 4.57 Å². The molecule has 18 heavy (non-hydrogen) atoms. The molecule has 0 bridgehead atoms. The van der Waals surface area contributed by atoms with E-state index in [-0.39, 0.29) is 12.0 Å². The predicted molar refractivity (Wildman–Crippen MR) is 73.2 cm³/mol. The second kappa shape index (κ2) is 7.05. The Morgan fingerprint density at radius 2 is 1.72 bits per heavy atom. The number of nitrogens with one attached hydrogen (secondary N) is 1. The van der Waals surface area contributed by atoms with Crippen molar-refractivity contribution in [1.82, 2.24) is 5.09 Å². The molecular formula is C13H22NO3P. The van der Waals surface area contributed by atoms with Gasteiger partial charge in [-0.15, -0.1) is 0 Å². The number of hydrogen-bond donors (Lipinski definition) is 3. The molecule has 3 N–H and O–H groups in total. The van der Waals surface area contributed by atoms with Gasteiger partial charge in [0.05, 0.1) is 0 Å². The molecule has 0 heterocycles. The minimum absolute atomic E-state index is 0.191. The van der Waals surface area contributed by atoms with E-state index in [4.69, 9.17) is 9.79 Å². The van der Waals surface area contributed by atoms with Crippen molar-refractivity contribution >= 4 is 7.75 Å². The van der Waals surface area contributed by atoms with Crippen LogP contribution in [0.4, 0.5) is 0 Å². The Morgan fingerprint density at radius 1 is 1.17 bits per heavy atom. The van der Waals surface area contributed by atoms with Gasteiger partial charge in [-0.1, -0.05) is 57.0 Å². The molecule has 102 valence electrons. The molecule has 1 rings (SSSR count). The highest BCUT2D eigenvalue weighted by atomic mass is 31.2. The third kappa shape index (κ3) is 5.32. The molecule has 0 fully saturated rings. The van der Waals surface area contributed by atoms with Gasteiger partial charge < -0.3 is 9.79 Å². The molecule has 0 aromatic heterocycles. The molecule has 1 atom stereocenters. The van der Waals surface area contributed by atoms with E-state index in [1.807, 2.05) is 44.2 Å². The van der Waals surface area contributed by atoms with Crippen molar-refractivity contribution in [2.24, 2.45) is 5.92 Å². The van der Waals surface area contributed by atoms with Crippen LogP contribution in [0.25, 0.3) is 0 Å². The van der Waals surface area contributed by atoms with Crippen LogP contribution in [-0.4, -0.2) is 15.8 Å². The quantitative estimate of drug-likeness (QED) is 0.667. The fourth-order valence-electron chi connectivity index (χ4n) is 2.26. The molecule has 0 radical (unpaired) electrons. The molecule has 0 saturated carbocycles. The highest BCUT2D eigenvalue weighted by Crippen LogP contribution is 2.32. The van der Waals surface area contributed by atoms with E-state index in [2.05, 4.69) is 5.09 Å². The zero-order valence-electron chi connectivity index (χ0n) is 10.9. The van der Waals surface area contributed by atoms with Gasteiger partial charge in [0.1, 0.15) is 0 Å². The smallest absolute Gasteiger partial charge is 0.313 e. The summed E-state index contributed by atoms with van der Waals surface area (Å²) in [7, 11) is -4.19. The molecule has 0 amide bonds. The molecule has 1 aromatic rings. The van der Waals surface area contributed by atoms with Gasteiger partial charge in [0.2, 0.25) is 0 Å². The Kier molecular flexibility index (Phi) is 6.03. The van der Waals surface area contributed by atoms with Crippen molar-refractivity contribution in [3.8, 4) is 0 Å². The Bertz CT molecular complexity index is 386. The zero-order valence-corrected chi connectivity index (χ0v) is 11.8. The van der Waals surface area contributed by atoms with Gasteiger partial charge in [-0.25, -0.2) is 9.65 Å². The van der Waals surface area contributed by atoms with Gasteiger partial charge in [0.15, 0.2) is 0 Å². The molecule has 0 aliphatic rings. The van der Waals surface area contributed by atoms with Crippen molar-refractivity contribution in [2.75, 3.05) is 0 Å². The van der Waals surface area contributed by atoms with Crippen LogP contribution < -0.4 is 5.09 Å². The van der Waals surface area contributed by atoms with Gasteiger partial charge in [0.25, 0.3) is 0 Å². The summed E-state index contributed by atoms with van der Waals surface area (Å²) in [5.74, 6) is 0.262. The number of rotatable bonds is 7. The maximum absolute atomic E-state index is 11.2. The summed E-state index contributed by atoms with van der Waals surface area (Å²) in [5.41, 5.74) is 1.09. The minimum Gasteiger partial charge on any atom is -0.313 e. The lowest BCUT2D eigenvalue weighted by Gasteiger charge is -2.27. The van der Waals surface area contributed by atoms with Gasteiger partial charge in [-0.05, 0) is 17.9 Å². The van der Waals surface area contributed by atoms with E-state index in [1.165, 1.54) is 0 Å². The highest BCUT2D eigenvalue weighted by molar-refractivity contribution is 7.49. The summed E-state index contributed by atoms with van der Waals surface area (Å²) in [6.07, 6.45) is 2.44. The minimum atomic E-state index is -4.19. The van der Waals surface area contributed by atoms with Crippen LogP contribution in [0.3, 0.4) is 0 Å². The average Bonchev–Trinajstić information content (AvgIpc) is 2.29. The SMILES string of the molecule is CCC(CC)[C@H](Cc1ccccc1)NP(=O)(O)O. The second-order valence-corrected chi connectivity index (χ2v) is 5.89.